The molecule has 0 atom stereocenters. The first-order valence-electron chi connectivity index (χ1n) is 12.3. The van der Waals surface area contributed by atoms with E-state index in [1.165, 1.54) is 11.8 Å². The van der Waals surface area contributed by atoms with E-state index in [1.54, 1.807) is 62.8 Å². The second kappa shape index (κ2) is 12.9. The maximum atomic E-state index is 12.7. The van der Waals surface area contributed by atoms with Gasteiger partial charge in [-0.25, -0.2) is 0 Å². The zero-order valence-corrected chi connectivity index (χ0v) is 23.4. The van der Waals surface area contributed by atoms with Gasteiger partial charge in [0.2, 0.25) is 5.88 Å². The molecule has 8 nitrogen and oxygen atoms in total. The standard InChI is InChI=1S/C31H28N2O6S/c1-19-5-6-20(2)26(15-19)40-18-28(35)38-17-27(34)33-31-25(16-32)29(21-7-11-23(36-3)12-8-21)30(39-31)22-9-13-24(37-4)14-10-22/h5-15H,17-18H2,1-4H3,(H,33,34). The summed E-state index contributed by atoms with van der Waals surface area (Å²) < 4.78 is 21.7. The van der Waals surface area contributed by atoms with Gasteiger partial charge in [0.15, 0.2) is 6.61 Å². The van der Waals surface area contributed by atoms with E-state index in [2.05, 4.69) is 11.4 Å². The van der Waals surface area contributed by atoms with Crippen molar-refractivity contribution in [3.8, 4) is 40.0 Å². The molecule has 4 aromatic rings. The van der Waals surface area contributed by atoms with E-state index in [1.807, 2.05) is 32.0 Å². The molecule has 0 radical (unpaired) electrons. The molecular formula is C31H28N2O6S. The number of thioether (sulfide) groups is 1. The van der Waals surface area contributed by atoms with Crippen LogP contribution in [0.25, 0.3) is 22.5 Å². The maximum absolute atomic E-state index is 12.7. The van der Waals surface area contributed by atoms with Crippen LogP contribution >= 0.6 is 11.8 Å². The van der Waals surface area contributed by atoms with Crippen molar-refractivity contribution < 1.29 is 28.2 Å². The quantitative estimate of drug-likeness (QED) is 0.177. The fourth-order valence-electron chi connectivity index (χ4n) is 3.95. The minimum absolute atomic E-state index is 0.0371. The van der Waals surface area contributed by atoms with E-state index < -0.39 is 18.5 Å². The third-order valence-corrected chi connectivity index (χ3v) is 7.19. The van der Waals surface area contributed by atoms with Crippen LogP contribution in [0.5, 0.6) is 11.5 Å². The molecule has 1 amide bonds. The number of methoxy groups -OCH3 is 2. The minimum atomic E-state index is -0.627. The molecule has 0 aliphatic heterocycles. The number of aryl methyl sites for hydroxylation is 2. The third kappa shape index (κ3) is 6.65. The molecule has 40 heavy (non-hydrogen) atoms. The molecule has 1 heterocycles. The first kappa shape index (κ1) is 28.3. The molecule has 0 saturated carbocycles. The first-order chi connectivity index (χ1) is 19.3. The Morgan fingerprint density at radius 1 is 0.925 bits per heavy atom. The smallest absolute Gasteiger partial charge is 0.316 e. The van der Waals surface area contributed by atoms with Gasteiger partial charge in [-0.2, -0.15) is 5.26 Å². The number of nitriles is 1. The van der Waals surface area contributed by atoms with Gasteiger partial charge in [0.05, 0.1) is 20.0 Å². The number of hydrogen-bond donors (Lipinski definition) is 1. The Bertz CT molecular complexity index is 1550. The van der Waals surface area contributed by atoms with E-state index in [9.17, 15) is 14.9 Å². The number of benzene rings is 3. The highest BCUT2D eigenvalue weighted by Crippen LogP contribution is 2.42. The van der Waals surface area contributed by atoms with Crippen molar-refractivity contribution in [1.82, 2.24) is 0 Å². The van der Waals surface area contributed by atoms with Gasteiger partial charge < -0.3 is 18.6 Å². The lowest BCUT2D eigenvalue weighted by Crippen LogP contribution is -2.21. The Morgan fingerprint density at radius 2 is 1.55 bits per heavy atom. The van der Waals surface area contributed by atoms with Crippen LogP contribution in [0.15, 0.2) is 76.0 Å². The van der Waals surface area contributed by atoms with Gasteiger partial charge in [0, 0.05) is 16.0 Å². The predicted octanol–water partition coefficient (Wildman–Crippen LogP) is 6.39. The van der Waals surface area contributed by atoms with Crippen LogP contribution in [0.1, 0.15) is 16.7 Å². The maximum Gasteiger partial charge on any atom is 0.316 e. The fraction of sp³-hybridized carbons (Fsp3) is 0.194. The van der Waals surface area contributed by atoms with E-state index in [0.717, 1.165) is 16.0 Å². The monoisotopic (exact) mass is 556 g/mol. The Kier molecular flexibility index (Phi) is 9.15. The average molecular weight is 557 g/mol. The number of amides is 1. The predicted molar refractivity (Wildman–Crippen MR) is 154 cm³/mol. The number of ether oxygens (including phenoxy) is 3. The van der Waals surface area contributed by atoms with Crippen LogP contribution in [0.2, 0.25) is 0 Å². The van der Waals surface area contributed by atoms with Crippen LogP contribution in [0, 0.1) is 25.2 Å². The highest BCUT2D eigenvalue weighted by molar-refractivity contribution is 8.00. The van der Waals surface area contributed by atoms with E-state index in [0.29, 0.717) is 33.9 Å². The van der Waals surface area contributed by atoms with Crippen molar-refractivity contribution in [2.75, 3.05) is 31.9 Å². The van der Waals surface area contributed by atoms with Crippen molar-refractivity contribution in [2.45, 2.75) is 18.7 Å². The summed E-state index contributed by atoms with van der Waals surface area (Å²) >= 11 is 1.35. The number of furan rings is 1. The molecule has 9 heteroatoms. The molecular weight excluding hydrogens is 528 g/mol. The van der Waals surface area contributed by atoms with Crippen molar-refractivity contribution in [2.24, 2.45) is 0 Å². The lowest BCUT2D eigenvalue weighted by molar-refractivity contribution is -0.144. The van der Waals surface area contributed by atoms with Crippen LogP contribution < -0.4 is 14.8 Å². The number of hydrogen-bond acceptors (Lipinski definition) is 8. The van der Waals surface area contributed by atoms with Gasteiger partial charge in [-0.15, -0.1) is 11.8 Å². The number of carbonyl (C=O) groups excluding carboxylic acids is 2. The number of rotatable bonds is 10. The highest BCUT2D eigenvalue weighted by Gasteiger charge is 2.25. The molecule has 1 aromatic heterocycles. The first-order valence-corrected chi connectivity index (χ1v) is 13.3. The largest absolute Gasteiger partial charge is 0.497 e. The Labute approximate surface area is 236 Å². The molecule has 0 spiro atoms. The number of nitrogens with one attached hydrogen (secondary N) is 1. The molecule has 0 bridgehead atoms. The Morgan fingerprint density at radius 3 is 2.15 bits per heavy atom. The second-order valence-corrected chi connectivity index (χ2v) is 9.86. The topological polar surface area (TPSA) is 111 Å². The number of esters is 1. The molecule has 0 aliphatic rings. The second-order valence-electron chi connectivity index (χ2n) is 8.85. The summed E-state index contributed by atoms with van der Waals surface area (Å²) in [5.41, 5.74) is 4.17. The Hall–Kier alpha value is -4.68. The average Bonchev–Trinajstić information content (AvgIpc) is 3.34. The summed E-state index contributed by atoms with van der Waals surface area (Å²) in [5.74, 6) is 0.573. The summed E-state index contributed by atoms with van der Waals surface area (Å²) in [6, 6.07) is 22.4. The van der Waals surface area contributed by atoms with Gasteiger partial charge in [-0.05, 0) is 67.4 Å². The van der Waals surface area contributed by atoms with Gasteiger partial charge in [0.1, 0.15) is 28.9 Å². The zero-order valence-electron chi connectivity index (χ0n) is 22.6. The number of anilines is 1. The molecule has 1 N–H and O–H groups in total. The SMILES string of the molecule is COc1ccc(-c2oc(NC(=O)COC(=O)CSc3cc(C)ccc3C)c(C#N)c2-c2ccc(OC)cc2)cc1. The summed E-state index contributed by atoms with van der Waals surface area (Å²) in [6.07, 6.45) is 0. The summed E-state index contributed by atoms with van der Waals surface area (Å²) in [6.45, 7) is 3.43. The van der Waals surface area contributed by atoms with E-state index >= 15 is 0 Å². The van der Waals surface area contributed by atoms with Crippen molar-refractivity contribution >= 4 is 29.5 Å². The van der Waals surface area contributed by atoms with Gasteiger partial charge in [-0.3, -0.25) is 14.9 Å². The molecule has 0 unspecified atom stereocenters. The van der Waals surface area contributed by atoms with Crippen LogP contribution in [-0.4, -0.2) is 38.5 Å². The molecule has 0 fully saturated rings. The van der Waals surface area contributed by atoms with Gasteiger partial charge >= 0.3 is 5.97 Å². The summed E-state index contributed by atoms with van der Waals surface area (Å²) in [5, 5.41) is 12.7. The van der Waals surface area contributed by atoms with Gasteiger partial charge in [-0.1, -0.05) is 29.8 Å². The van der Waals surface area contributed by atoms with Crippen molar-refractivity contribution in [3.63, 3.8) is 0 Å². The zero-order chi connectivity index (χ0) is 28.6. The number of nitrogens with zero attached hydrogens (tertiary/aromatic N) is 1. The highest BCUT2D eigenvalue weighted by atomic mass is 32.2. The summed E-state index contributed by atoms with van der Waals surface area (Å²) in [7, 11) is 3.14. The van der Waals surface area contributed by atoms with E-state index in [4.69, 9.17) is 18.6 Å². The van der Waals surface area contributed by atoms with Crippen molar-refractivity contribution in [1.29, 1.82) is 5.26 Å². The molecule has 3 aromatic carbocycles. The molecule has 204 valence electrons. The normalized spacial score (nSPS) is 10.5. The minimum Gasteiger partial charge on any atom is -0.497 e. The molecule has 0 saturated heterocycles. The molecule has 0 aliphatic carbocycles. The van der Waals surface area contributed by atoms with Crippen LogP contribution in [0.4, 0.5) is 5.88 Å². The summed E-state index contributed by atoms with van der Waals surface area (Å²) in [4.78, 5) is 26.0. The van der Waals surface area contributed by atoms with Crippen LogP contribution in [0.3, 0.4) is 0 Å². The van der Waals surface area contributed by atoms with Gasteiger partial charge in [0.25, 0.3) is 5.91 Å². The number of carbonyl (C=O) groups is 2. The van der Waals surface area contributed by atoms with Crippen molar-refractivity contribution in [3.05, 3.63) is 83.4 Å². The van der Waals surface area contributed by atoms with Crippen LogP contribution in [-0.2, 0) is 14.3 Å². The Balaban J connectivity index is 1.53. The lowest BCUT2D eigenvalue weighted by Gasteiger charge is -2.07. The third-order valence-electron chi connectivity index (χ3n) is 6.06. The lowest BCUT2D eigenvalue weighted by atomic mass is 9.98. The molecule has 4 rings (SSSR count). The van der Waals surface area contributed by atoms with E-state index in [-0.39, 0.29) is 17.2 Å². The fourth-order valence-corrected chi connectivity index (χ4v) is 4.88.